The molecular formula is C47H93NO10. The van der Waals surface area contributed by atoms with Crippen molar-refractivity contribution in [1.29, 1.82) is 0 Å². The number of nitrogens with one attached hydrogen (secondary N) is 1. The highest BCUT2D eigenvalue weighted by Crippen LogP contribution is 2.23. The molecule has 58 heavy (non-hydrogen) atoms. The average molecular weight is 832 g/mol. The van der Waals surface area contributed by atoms with Crippen molar-refractivity contribution in [3.05, 3.63) is 0 Å². The van der Waals surface area contributed by atoms with E-state index in [4.69, 9.17) is 14.2 Å². The molecule has 1 heterocycles. The zero-order valence-corrected chi connectivity index (χ0v) is 37.4. The molecule has 8 atom stereocenters. The molecule has 1 rings (SSSR count). The summed E-state index contributed by atoms with van der Waals surface area (Å²) in [6.45, 7) is 3.87. The fourth-order valence-corrected chi connectivity index (χ4v) is 7.89. The monoisotopic (exact) mass is 832 g/mol. The van der Waals surface area contributed by atoms with Crippen LogP contribution in [0.2, 0.25) is 0 Å². The van der Waals surface area contributed by atoms with Crippen molar-refractivity contribution in [1.82, 2.24) is 5.32 Å². The molecule has 0 radical (unpaired) electrons. The van der Waals surface area contributed by atoms with Gasteiger partial charge in [0.1, 0.15) is 36.6 Å². The van der Waals surface area contributed by atoms with E-state index in [0.717, 1.165) is 38.5 Å². The lowest BCUT2D eigenvalue weighted by Crippen LogP contribution is -2.60. The van der Waals surface area contributed by atoms with Gasteiger partial charge in [0.2, 0.25) is 5.91 Å². The van der Waals surface area contributed by atoms with E-state index in [1.54, 1.807) is 0 Å². The summed E-state index contributed by atoms with van der Waals surface area (Å²) in [5.41, 5.74) is 0. The Kier molecular flexibility index (Phi) is 37.1. The maximum absolute atomic E-state index is 13.0. The summed E-state index contributed by atoms with van der Waals surface area (Å²) in [5.74, 6) is -0.294. The van der Waals surface area contributed by atoms with Crippen molar-refractivity contribution in [2.24, 2.45) is 0 Å². The van der Waals surface area contributed by atoms with E-state index >= 15 is 0 Å². The summed E-state index contributed by atoms with van der Waals surface area (Å²) in [6, 6.07) is -1.06. The number of hydrogen-bond acceptors (Lipinski definition) is 10. The number of carbonyl (C=O) groups excluding carboxylic acids is 1. The van der Waals surface area contributed by atoms with Crippen LogP contribution in [0.15, 0.2) is 0 Å². The van der Waals surface area contributed by atoms with Crippen molar-refractivity contribution in [2.45, 2.75) is 268 Å². The van der Waals surface area contributed by atoms with Crippen LogP contribution in [0, 0.1) is 0 Å². The highest BCUT2D eigenvalue weighted by atomic mass is 16.7. The quantitative estimate of drug-likeness (QED) is 0.0295. The van der Waals surface area contributed by atoms with Crippen LogP contribution >= 0.6 is 0 Å². The number of amides is 1. The Labute approximate surface area is 354 Å². The lowest BCUT2D eigenvalue weighted by molar-refractivity contribution is -0.303. The van der Waals surface area contributed by atoms with Gasteiger partial charge in [-0.05, 0) is 12.8 Å². The van der Waals surface area contributed by atoms with Gasteiger partial charge in [-0.25, -0.2) is 0 Å². The Hall–Kier alpha value is -0.890. The summed E-state index contributed by atoms with van der Waals surface area (Å²) in [5, 5.41) is 64.9. The Bertz CT molecular complexity index is 898. The number of aliphatic hydroxyl groups excluding tert-OH is 6. The van der Waals surface area contributed by atoms with Gasteiger partial charge in [0.05, 0.1) is 25.9 Å². The summed E-state index contributed by atoms with van der Waals surface area (Å²) < 4.78 is 16.8. The van der Waals surface area contributed by atoms with Gasteiger partial charge < -0.3 is 50.2 Å². The molecule has 0 aromatic heterocycles. The van der Waals surface area contributed by atoms with Gasteiger partial charge in [0.25, 0.3) is 0 Å². The van der Waals surface area contributed by atoms with E-state index in [1.165, 1.54) is 154 Å². The van der Waals surface area contributed by atoms with E-state index < -0.39 is 55.6 Å². The Balaban J connectivity index is 2.30. The zero-order valence-electron chi connectivity index (χ0n) is 37.4. The third-order valence-corrected chi connectivity index (χ3v) is 11.9. The Morgan fingerprint density at radius 2 is 0.948 bits per heavy atom. The molecule has 0 saturated carbocycles. The highest BCUT2D eigenvalue weighted by Gasteiger charge is 2.44. The number of hydrogen-bond donors (Lipinski definition) is 7. The molecule has 0 spiro atoms. The second-order valence-corrected chi connectivity index (χ2v) is 17.3. The van der Waals surface area contributed by atoms with Crippen LogP contribution in [0.1, 0.15) is 219 Å². The molecule has 346 valence electrons. The van der Waals surface area contributed by atoms with Crippen molar-refractivity contribution in [3.63, 3.8) is 0 Å². The fourth-order valence-electron chi connectivity index (χ4n) is 7.89. The largest absolute Gasteiger partial charge is 0.394 e. The molecule has 11 nitrogen and oxygen atoms in total. The number of rotatable bonds is 42. The molecule has 7 N–H and O–H groups in total. The molecule has 0 aromatic rings. The topological polar surface area (TPSA) is 178 Å². The van der Waals surface area contributed by atoms with Gasteiger partial charge in [-0.1, -0.05) is 200 Å². The number of carbonyl (C=O) groups is 1. The first kappa shape index (κ1) is 55.1. The minimum Gasteiger partial charge on any atom is -0.394 e. The molecular weight excluding hydrogens is 739 g/mol. The maximum atomic E-state index is 13.0. The van der Waals surface area contributed by atoms with Crippen LogP contribution in [0.4, 0.5) is 0 Å². The first-order chi connectivity index (χ1) is 28.3. The van der Waals surface area contributed by atoms with E-state index in [1.807, 2.05) is 0 Å². The summed E-state index contributed by atoms with van der Waals surface area (Å²) in [6.07, 6.45) is 29.2. The number of ether oxygens (including phenoxy) is 3. The van der Waals surface area contributed by atoms with Crippen LogP contribution in [-0.2, 0) is 19.0 Å². The third-order valence-electron chi connectivity index (χ3n) is 11.9. The average Bonchev–Trinajstić information content (AvgIpc) is 3.22. The summed E-state index contributed by atoms with van der Waals surface area (Å²) >= 11 is 0. The molecule has 0 bridgehead atoms. The molecule has 11 heteroatoms. The first-order valence-electron chi connectivity index (χ1n) is 24.4. The van der Waals surface area contributed by atoms with Crippen molar-refractivity contribution in [2.75, 3.05) is 26.4 Å². The van der Waals surface area contributed by atoms with Gasteiger partial charge in [0.15, 0.2) is 6.29 Å². The van der Waals surface area contributed by atoms with E-state index in [-0.39, 0.29) is 25.5 Å². The van der Waals surface area contributed by atoms with Crippen LogP contribution in [0.25, 0.3) is 0 Å². The lowest BCUT2D eigenvalue weighted by atomic mass is 9.99. The minimum atomic E-state index is -1.63. The molecule has 0 aliphatic carbocycles. The Morgan fingerprint density at radius 3 is 1.36 bits per heavy atom. The first-order valence-corrected chi connectivity index (χ1v) is 24.4. The van der Waals surface area contributed by atoms with Gasteiger partial charge in [0, 0.05) is 13.0 Å². The highest BCUT2D eigenvalue weighted by molar-refractivity contribution is 5.76. The fraction of sp³-hybridized carbons (Fsp3) is 0.979. The number of unbranched alkanes of at least 4 members (excludes halogenated alkanes) is 29. The second-order valence-electron chi connectivity index (χ2n) is 17.3. The van der Waals surface area contributed by atoms with Crippen molar-refractivity contribution < 1.29 is 49.6 Å². The van der Waals surface area contributed by atoms with Crippen molar-refractivity contribution >= 4 is 5.91 Å². The zero-order chi connectivity index (χ0) is 42.5. The van der Waals surface area contributed by atoms with Gasteiger partial charge in [-0.2, -0.15) is 0 Å². The van der Waals surface area contributed by atoms with E-state index in [2.05, 4.69) is 19.2 Å². The summed E-state index contributed by atoms with van der Waals surface area (Å²) in [4.78, 5) is 13.0. The second kappa shape index (κ2) is 39.0. The SMILES string of the molecule is CCCCCCCCCCCCCCCCCCCCCCCC(=O)N[C@@H](CO[C@H]1O[C@H](CO)[C@H](O)[C@H](O)[C@H]1O)[C@H](O)[C@H](O)COCCCCCCCCCCCC. The van der Waals surface area contributed by atoms with Crippen LogP contribution < -0.4 is 5.32 Å². The normalized spacial score (nSPS) is 21.3. The molecule has 0 unspecified atom stereocenters. The van der Waals surface area contributed by atoms with Crippen LogP contribution in [0.5, 0.6) is 0 Å². The van der Waals surface area contributed by atoms with Crippen molar-refractivity contribution in [3.8, 4) is 0 Å². The molecule has 1 aliphatic heterocycles. The standard InChI is InChI=1S/C47H93NO10/c1-3-5-7-9-11-13-15-16-17-18-19-20-21-22-23-24-25-26-28-30-32-34-42(51)48-39(37-57-47-46(55)45(54)44(53)41(36-49)58-47)43(52)40(50)38-56-35-33-31-29-27-14-12-10-8-6-4-2/h39-41,43-47,49-50,52-55H,3-38H2,1-2H3,(H,48,51)/t39-,40+,41+,43-,44-,45-,46+,47-/m0/s1. The smallest absolute Gasteiger partial charge is 0.220 e. The maximum Gasteiger partial charge on any atom is 0.220 e. The molecule has 1 amide bonds. The summed E-state index contributed by atoms with van der Waals surface area (Å²) in [7, 11) is 0. The lowest BCUT2D eigenvalue weighted by Gasteiger charge is -2.40. The molecule has 1 saturated heterocycles. The van der Waals surface area contributed by atoms with Gasteiger partial charge in [-0.3, -0.25) is 4.79 Å². The molecule has 0 aromatic carbocycles. The number of aliphatic hydroxyl groups is 6. The van der Waals surface area contributed by atoms with E-state index in [9.17, 15) is 35.4 Å². The third kappa shape index (κ3) is 28.6. The van der Waals surface area contributed by atoms with E-state index in [0.29, 0.717) is 13.0 Å². The van der Waals surface area contributed by atoms with Crippen LogP contribution in [-0.4, -0.2) is 112 Å². The van der Waals surface area contributed by atoms with Gasteiger partial charge in [-0.15, -0.1) is 0 Å². The predicted octanol–water partition coefficient (Wildman–Crippen LogP) is 8.55. The molecule has 1 aliphatic rings. The van der Waals surface area contributed by atoms with Crippen LogP contribution in [0.3, 0.4) is 0 Å². The minimum absolute atomic E-state index is 0.121. The Morgan fingerprint density at radius 1 is 0.552 bits per heavy atom. The molecule has 1 fully saturated rings. The van der Waals surface area contributed by atoms with Gasteiger partial charge >= 0.3 is 0 Å². The predicted molar refractivity (Wildman–Crippen MR) is 234 cm³/mol.